The number of halogens is 1. The van der Waals surface area contributed by atoms with Gasteiger partial charge < -0.3 is 0 Å². The Bertz CT molecular complexity index is 382. The summed E-state index contributed by atoms with van der Waals surface area (Å²) in [6.07, 6.45) is 1.45. The van der Waals surface area contributed by atoms with Gasteiger partial charge in [-0.3, -0.25) is 10.1 Å². The highest BCUT2D eigenvalue weighted by atomic mass is 19.1. The molecule has 0 unspecified atom stereocenters. The van der Waals surface area contributed by atoms with Gasteiger partial charge >= 0.3 is 0 Å². The fourth-order valence-electron chi connectivity index (χ4n) is 0.931. The normalized spacial score (nSPS) is 9.00. The van der Waals surface area contributed by atoms with Gasteiger partial charge in [0.25, 0.3) is 5.91 Å². The van der Waals surface area contributed by atoms with Gasteiger partial charge in [0.2, 0.25) is 0 Å². The van der Waals surface area contributed by atoms with E-state index in [9.17, 15) is 9.18 Å². The molecular weight excluding hydrogens is 171 g/mol. The maximum Gasteiger partial charge on any atom is 0.267 e. The fourth-order valence-corrected chi connectivity index (χ4v) is 0.931. The first kappa shape index (κ1) is 9.20. The molecule has 1 aromatic rings. The molecule has 0 saturated heterocycles. The Kier molecular flexibility index (Phi) is 2.60. The van der Waals surface area contributed by atoms with Crippen molar-refractivity contribution < 1.29 is 9.18 Å². The lowest BCUT2D eigenvalue weighted by Crippen LogP contribution is -2.18. The number of nitrogens with one attached hydrogen (secondary N) is 1. The van der Waals surface area contributed by atoms with Crippen LogP contribution in [0.2, 0.25) is 0 Å². The van der Waals surface area contributed by atoms with Crippen LogP contribution in [0.4, 0.5) is 4.39 Å². The number of aryl methyl sites for hydroxylation is 1. The van der Waals surface area contributed by atoms with Crippen LogP contribution >= 0.6 is 0 Å². The van der Waals surface area contributed by atoms with Crippen LogP contribution in [0.15, 0.2) is 18.2 Å². The molecule has 0 aliphatic carbocycles. The van der Waals surface area contributed by atoms with Crippen LogP contribution < -0.4 is 5.32 Å². The minimum absolute atomic E-state index is 0.110. The van der Waals surface area contributed by atoms with Crippen molar-refractivity contribution in [1.82, 2.24) is 5.32 Å². The molecule has 0 aliphatic rings. The molecule has 1 rings (SSSR count). The van der Waals surface area contributed by atoms with Crippen LogP contribution in [0.25, 0.3) is 0 Å². The first-order chi connectivity index (χ1) is 6.15. The number of nitriles is 1. The second-order valence-electron chi connectivity index (χ2n) is 2.55. The van der Waals surface area contributed by atoms with Gasteiger partial charge in [-0.15, -0.1) is 0 Å². The zero-order chi connectivity index (χ0) is 9.84. The van der Waals surface area contributed by atoms with E-state index in [0.29, 0.717) is 0 Å². The molecule has 0 heterocycles. The predicted octanol–water partition coefficient (Wildman–Crippen LogP) is 1.34. The fraction of sp³-hybridized carbons (Fsp3) is 0.111. The number of hydrogen-bond acceptors (Lipinski definition) is 2. The second kappa shape index (κ2) is 3.68. The summed E-state index contributed by atoms with van der Waals surface area (Å²) in [5, 5.41) is 10.0. The van der Waals surface area contributed by atoms with Crippen molar-refractivity contribution in [2.75, 3.05) is 0 Å². The van der Waals surface area contributed by atoms with Crippen LogP contribution in [0.5, 0.6) is 0 Å². The van der Waals surface area contributed by atoms with Crippen molar-refractivity contribution in [2.24, 2.45) is 0 Å². The summed E-state index contributed by atoms with van der Waals surface area (Å²) >= 11 is 0. The van der Waals surface area contributed by atoms with E-state index in [1.54, 1.807) is 13.0 Å². The van der Waals surface area contributed by atoms with Gasteiger partial charge in [0.1, 0.15) is 5.82 Å². The summed E-state index contributed by atoms with van der Waals surface area (Å²) in [6.45, 7) is 1.74. The highest BCUT2D eigenvalue weighted by molar-refractivity contribution is 5.95. The minimum Gasteiger partial charge on any atom is -0.268 e. The first-order valence-corrected chi connectivity index (χ1v) is 3.60. The molecule has 0 aliphatic heterocycles. The van der Waals surface area contributed by atoms with Crippen LogP contribution in [0.1, 0.15) is 15.9 Å². The Labute approximate surface area is 74.8 Å². The van der Waals surface area contributed by atoms with E-state index in [4.69, 9.17) is 5.26 Å². The number of benzene rings is 1. The molecule has 0 fully saturated rings. The van der Waals surface area contributed by atoms with Gasteiger partial charge in [0, 0.05) is 0 Å². The quantitative estimate of drug-likeness (QED) is 0.521. The number of amides is 1. The van der Waals surface area contributed by atoms with E-state index in [0.717, 1.165) is 5.56 Å². The van der Waals surface area contributed by atoms with Gasteiger partial charge in [0.05, 0.1) is 5.56 Å². The molecule has 1 aromatic carbocycles. The van der Waals surface area contributed by atoms with Gasteiger partial charge in [-0.05, 0) is 19.1 Å². The molecule has 13 heavy (non-hydrogen) atoms. The molecule has 0 bridgehead atoms. The van der Waals surface area contributed by atoms with Crippen molar-refractivity contribution in [3.05, 3.63) is 35.1 Å². The lowest BCUT2D eigenvalue weighted by atomic mass is 10.1. The lowest BCUT2D eigenvalue weighted by Gasteiger charge is -2.00. The van der Waals surface area contributed by atoms with Crippen molar-refractivity contribution in [3.63, 3.8) is 0 Å². The van der Waals surface area contributed by atoms with Gasteiger partial charge in [-0.2, -0.15) is 5.26 Å². The third-order valence-electron chi connectivity index (χ3n) is 1.54. The molecule has 0 aromatic heterocycles. The minimum atomic E-state index is -0.719. The Morgan fingerprint density at radius 1 is 1.62 bits per heavy atom. The SMILES string of the molecule is Cc1ccc(F)c(C(=O)NC#N)c1. The monoisotopic (exact) mass is 178 g/mol. The van der Waals surface area contributed by atoms with Crippen LogP contribution in [0, 0.1) is 24.2 Å². The van der Waals surface area contributed by atoms with Gasteiger partial charge in [-0.25, -0.2) is 4.39 Å². The molecule has 0 spiro atoms. The summed E-state index contributed by atoms with van der Waals surface area (Å²) in [7, 11) is 0. The molecule has 0 atom stereocenters. The summed E-state index contributed by atoms with van der Waals surface area (Å²) < 4.78 is 13.0. The van der Waals surface area contributed by atoms with Crippen molar-refractivity contribution in [2.45, 2.75) is 6.92 Å². The topological polar surface area (TPSA) is 52.9 Å². The van der Waals surface area contributed by atoms with Crippen molar-refractivity contribution >= 4 is 5.91 Å². The molecule has 1 amide bonds. The number of carbonyl (C=O) groups is 1. The molecule has 4 heteroatoms. The molecule has 66 valence electrons. The molecular formula is C9H7FN2O. The third kappa shape index (κ3) is 2.03. The van der Waals surface area contributed by atoms with E-state index in [1.165, 1.54) is 18.3 Å². The van der Waals surface area contributed by atoms with E-state index >= 15 is 0 Å². The Balaban J connectivity index is 3.07. The van der Waals surface area contributed by atoms with Crippen LogP contribution in [-0.4, -0.2) is 5.91 Å². The second-order valence-corrected chi connectivity index (χ2v) is 2.55. The largest absolute Gasteiger partial charge is 0.268 e. The Morgan fingerprint density at radius 2 is 2.31 bits per heavy atom. The Morgan fingerprint density at radius 3 is 2.92 bits per heavy atom. The highest BCUT2D eigenvalue weighted by Crippen LogP contribution is 2.09. The summed E-state index contributed by atoms with van der Waals surface area (Å²) in [5.41, 5.74) is 0.658. The molecule has 3 nitrogen and oxygen atoms in total. The maximum absolute atomic E-state index is 13.0. The summed E-state index contributed by atoms with van der Waals surface area (Å²) in [6, 6.07) is 4.14. The summed E-state index contributed by atoms with van der Waals surface area (Å²) in [4.78, 5) is 11.0. The van der Waals surface area contributed by atoms with E-state index in [-0.39, 0.29) is 5.56 Å². The number of carbonyl (C=O) groups excluding carboxylic acids is 1. The zero-order valence-corrected chi connectivity index (χ0v) is 6.97. The standard InChI is InChI=1S/C9H7FN2O/c1-6-2-3-8(10)7(4-6)9(13)12-5-11/h2-4H,1H3,(H,12,13). The number of hydrogen-bond donors (Lipinski definition) is 1. The van der Waals surface area contributed by atoms with E-state index in [2.05, 4.69) is 0 Å². The van der Waals surface area contributed by atoms with E-state index in [1.807, 2.05) is 5.32 Å². The number of nitrogens with zero attached hydrogens (tertiary/aromatic N) is 1. The van der Waals surface area contributed by atoms with E-state index < -0.39 is 11.7 Å². The van der Waals surface area contributed by atoms with Gasteiger partial charge in [-0.1, -0.05) is 11.6 Å². The lowest BCUT2D eigenvalue weighted by molar-refractivity contribution is 0.0969. The van der Waals surface area contributed by atoms with Crippen molar-refractivity contribution in [1.29, 1.82) is 5.26 Å². The van der Waals surface area contributed by atoms with Crippen LogP contribution in [0.3, 0.4) is 0 Å². The van der Waals surface area contributed by atoms with Crippen LogP contribution in [-0.2, 0) is 0 Å². The predicted molar refractivity (Wildman–Crippen MR) is 44.2 cm³/mol. The highest BCUT2D eigenvalue weighted by Gasteiger charge is 2.10. The molecule has 1 N–H and O–H groups in total. The van der Waals surface area contributed by atoms with Gasteiger partial charge in [0.15, 0.2) is 6.19 Å². The van der Waals surface area contributed by atoms with Crippen molar-refractivity contribution in [3.8, 4) is 6.19 Å². The average Bonchev–Trinajstić information content (AvgIpc) is 2.09. The summed E-state index contributed by atoms with van der Waals surface area (Å²) in [5.74, 6) is -1.35. The number of rotatable bonds is 1. The zero-order valence-electron chi connectivity index (χ0n) is 6.97. The molecule has 0 radical (unpaired) electrons. The first-order valence-electron chi connectivity index (χ1n) is 3.60. The smallest absolute Gasteiger partial charge is 0.267 e. The maximum atomic E-state index is 13.0. The molecule has 0 saturated carbocycles. The third-order valence-corrected chi connectivity index (χ3v) is 1.54. The Hall–Kier alpha value is -1.89. The average molecular weight is 178 g/mol.